The fourth-order valence-electron chi connectivity index (χ4n) is 1.58. The molecule has 0 bridgehead atoms. The predicted octanol–water partition coefficient (Wildman–Crippen LogP) is 5.39. The van der Waals surface area contributed by atoms with Crippen molar-refractivity contribution in [3.63, 3.8) is 0 Å². The molecule has 0 aliphatic heterocycles. The van der Waals surface area contributed by atoms with Crippen molar-refractivity contribution in [2.75, 3.05) is 5.32 Å². The molecule has 0 atom stereocenters. The van der Waals surface area contributed by atoms with Crippen LogP contribution in [0.3, 0.4) is 0 Å². The fraction of sp³-hybridized carbons (Fsp3) is 0.231. The van der Waals surface area contributed by atoms with E-state index in [9.17, 15) is 17.6 Å². The van der Waals surface area contributed by atoms with Crippen molar-refractivity contribution in [3.8, 4) is 0 Å². The third-order valence-corrected chi connectivity index (χ3v) is 3.84. The molecule has 2 aromatic rings. The predicted molar refractivity (Wildman–Crippen MR) is 77.4 cm³/mol. The number of benzene rings is 1. The Morgan fingerprint density at radius 1 is 1.14 bits per heavy atom. The van der Waals surface area contributed by atoms with Crippen LogP contribution in [-0.2, 0) is 12.3 Å². The van der Waals surface area contributed by atoms with Crippen LogP contribution in [0.15, 0.2) is 33.2 Å². The van der Waals surface area contributed by atoms with Crippen LogP contribution in [0.5, 0.6) is 0 Å². The van der Waals surface area contributed by atoms with Crippen LogP contribution in [-0.4, -0.2) is 5.76 Å². The number of anilines is 1. The van der Waals surface area contributed by atoms with Gasteiger partial charge in [-0.25, -0.2) is 8.78 Å². The molecule has 0 aliphatic carbocycles. The lowest BCUT2D eigenvalue weighted by molar-refractivity contribution is 0.251. The first kappa shape index (κ1) is 16.2. The van der Waals surface area contributed by atoms with Gasteiger partial charge >= 0.3 is 0 Å². The van der Waals surface area contributed by atoms with Gasteiger partial charge in [0.1, 0.15) is 23.2 Å². The molecular weight excluding hydrogens is 374 g/mol. The summed E-state index contributed by atoms with van der Waals surface area (Å²) >= 11 is 3.43. The Bertz CT molecular complexity index is 620. The molecule has 1 aromatic heterocycles. The second-order valence-electron chi connectivity index (χ2n) is 4.04. The molecule has 0 spiro atoms. The molecule has 2 rings (SSSR count). The van der Waals surface area contributed by atoms with Crippen molar-refractivity contribution < 1.29 is 22.0 Å². The lowest BCUT2D eigenvalue weighted by Gasteiger charge is -2.07. The Morgan fingerprint density at radius 3 is 2.57 bits per heavy atom. The second-order valence-corrected chi connectivity index (χ2v) is 5.87. The summed E-state index contributed by atoms with van der Waals surface area (Å²) < 4.78 is 56.1. The first-order chi connectivity index (χ1) is 9.95. The molecule has 21 heavy (non-hydrogen) atoms. The van der Waals surface area contributed by atoms with Gasteiger partial charge in [-0.3, -0.25) is 0 Å². The molecule has 0 fully saturated rings. The van der Waals surface area contributed by atoms with Gasteiger partial charge in [-0.2, -0.15) is 8.78 Å². The van der Waals surface area contributed by atoms with Crippen molar-refractivity contribution in [1.82, 2.24) is 0 Å². The number of hydrogen-bond donors (Lipinski definition) is 1. The van der Waals surface area contributed by atoms with Crippen molar-refractivity contribution in [3.05, 3.63) is 51.9 Å². The molecule has 0 aliphatic rings. The van der Waals surface area contributed by atoms with E-state index in [0.717, 1.165) is 6.07 Å². The monoisotopic (exact) mass is 383 g/mol. The van der Waals surface area contributed by atoms with Gasteiger partial charge in [-0.05, 0) is 34.1 Å². The summed E-state index contributed by atoms with van der Waals surface area (Å²) in [5.41, 5.74) is 0.114. The Labute approximate surface area is 131 Å². The minimum Gasteiger partial charge on any atom is -0.463 e. The summed E-state index contributed by atoms with van der Waals surface area (Å²) in [6.07, 6.45) is 0. The number of rotatable bonds is 6. The lowest BCUT2D eigenvalue weighted by Crippen LogP contribution is -2.01. The quantitative estimate of drug-likeness (QED) is 0.534. The summed E-state index contributed by atoms with van der Waals surface area (Å²) in [6, 6.07) is 5.24. The molecule has 0 radical (unpaired) electrons. The number of furan rings is 1. The summed E-state index contributed by atoms with van der Waals surface area (Å²) in [7, 11) is 0. The van der Waals surface area contributed by atoms with Gasteiger partial charge in [0, 0.05) is 6.07 Å². The Hall–Kier alpha value is -1.15. The summed E-state index contributed by atoms with van der Waals surface area (Å²) in [5.74, 6) is -2.92. The smallest absolute Gasteiger partial charge is 0.284 e. The van der Waals surface area contributed by atoms with Crippen molar-refractivity contribution in [2.45, 2.75) is 18.1 Å². The summed E-state index contributed by atoms with van der Waals surface area (Å²) in [6.45, 7) is 0.161. The number of thioether (sulfide) groups is 1. The minimum atomic E-state index is -2.46. The Kier molecular flexibility index (Phi) is 5.58. The van der Waals surface area contributed by atoms with Crippen LogP contribution in [0, 0.1) is 11.6 Å². The first-order valence-electron chi connectivity index (χ1n) is 5.81. The van der Waals surface area contributed by atoms with Gasteiger partial charge in [0.25, 0.3) is 5.76 Å². The molecule has 0 saturated carbocycles. The van der Waals surface area contributed by atoms with E-state index in [0.29, 0.717) is 23.3 Å². The van der Waals surface area contributed by atoms with Crippen molar-refractivity contribution >= 4 is 33.4 Å². The number of halogens is 5. The maximum atomic E-state index is 13.5. The van der Waals surface area contributed by atoms with Gasteiger partial charge in [0.2, 0.25) is 0 Å². The highest BCUT2D eigenvalue weighted by molar-refractivity contribution is 9.10. The zero-order valence-electron chi connectivity index (χ0n) is 10.5. The highest BCUT2D eigenvalue weighted by Crippen LogP contribution is 2.25. The molecule has 0 unspecified atom stereocenters. The highest BCUT2D eigenvalue weighted by Gasteiger charge is 2.10. The van der Waals surface area contributed by atoms with E-state index in [1.54, 1.807) is 12.1 Å². The van der Waals surface area contributed by atoms with Crippen molar-refractivity contribution in [1.29, 1.82) is 0 Å². The average molecular weight is 384 g/mol. The van der Waals surface area contributed by atoms with Crippen LogP contribution < -0.4 is 5.32 Å². The Balaban J connectivity index is 1.96. The van der Waals surface area contributed by atoms with E-state index in [4.69, 9.17) is 4.42 Å². The van der Waals surface area contributed by atoms with E-state index < -0.39 is 17.4 Å². The molecule has 1 heterocycles. The van der Waals surface area contributed by atoms with Crippen LogP contribution in [0.1, 0.15) is 11.5 Å². The van der Waals surface area contributed by atoms with Crippen LogP contribution >= 0.6 is 27.7 Å². The first-order valence-corrected chi connectivity index (χ1v) is 7.65. The maximum absolute atomic E-state index is 13.5. The van der Waals surface area contributed by atoms with Crippen LogP contribution in [0.4, 0.5) is 23.2 Å². The molecule has 0 saturated heterocycles. The maximum Gasteiger partial charge on any atom is 0.284 e. The normalized spacial score (nSPS) is 11.1. The van der Waals surface area contributed by atoms with E-state index in [1.807, 2.05) is 0 Å². The third-order valence-electron chi connectivity index (χ3n) is 2.53. The SMILES string of the molecule is Fc1cc(F)c(NCc2ccc(CSC(F)F)o2)cc1Br. The molecular formula is C13H10BrF4NOS. The molecule has 0 amide bonds. The molecule has 2 nitrogen and oxygen atoms in total. The zero-order chi connectivity index (χ0) is 15.4. The summed E-state index contributed by atoms with van der Waals surface area (Å²) in [5, 5.41) is 2.76. The number of alkyl halides is 2. The fourth-order valence-corrected chi connectivity index (χ4v) is 2.37. The highest BCUT2D eigenvalue weighted by atomic mass is 79.9. The van der Waals surface area contributed by atoms with E-state index in [2.05, 4.69) is 21.2 Å². The largest absolute Gasteiger partial charge is 0.463 e. The average Bonchev–Trinajstić information content (AvgIpc) is 2.87. The van der Waals surface area contributed by atoms with Gasteiger partial charge in [0.15, 0.2) is 0 Å². The van der Waals surface area contributed by atoms with Gasteiger partial charge in [-0.1, -0.05) is 11.8 Å². The molecule has 8 heteroatoms. The van der Waals surface area contributed by atoms with E-state index >= 15 is 0 Å². The van der Waals surface area contributed by atoms with E-state index in [-0.39, 0.29) is 22.5 Å². The van der Waals surface area contributed by atoms with Gasteiger partial charge in [-0.15, -0.1) is 0 Å². The lowest BCUT2D eigenvalue weighted by atomic mass is 10.3. The minimum absolute atomic E-state index is 0.0636. The van der Waals surface area contributed by atoms with Gasteiger partial charge in [0.05, 0.1) is 22.5 Å². The van der Waals surface area contributed by atoms with Crippen LogP contribution in [0.2, 0.25) is 0 Å². The van der Waals surface area contributed by atoms with Crippen LogP contribution in [0.25, 0.3) is 0 Å². The second kappa shape index (κ2) is 7.22. The third kappa shape index (κ3) is 4.67. The van der Waals surface area contributed by atoms with Gasteiger partial charge < -0.3 is 9.73 Å². The number of nitrogens with one attached hydrogen (secondary N) is 1. The van der Waals surface area contributed by atoms with Crippen molar-refractivity contribution in [2.24, 2.45) is 0 Å². The standard InChI is InChI=1S/C13H10BrF4NOS/c14-9-3-12(11(16)4-10(9)15)19-5-7-1-2-8(20-7)6-21-13(17)18/h1-4,13,19H,5-6H2. The summed E-state index contributed by atoms with van der Waals surface area (Å²) in [4.78, 5) is 0. The molecule has 1 N–H and O–H groups in total. The number of hydrogen-bond acceptors (Lipinski definition) is 3. The molecule has 114 valence electrons. The Morgan fingerprint density at radius 2 is 1.86 bits per heavy atom. The van der Waals surface area contributed by atoms with E-state index in [1.165, 1.54) is 6.07 Å². The topological polar surface area (TPSA) is 25.2 Å². The zero-order valence-corrected chi connectivity index (χ0v) is 12.9. The molecule has 1 aromatic carbocycles.